The summed E-state index contributed by atoms with van der Waals surface area (Å²) in [5.41, 5.74) is 0.530. The lowest BCUT2D eigenvalue weighted by molar-refractivity contribution is -0.137. The number of carbonyl (C=O) groups is 2. The Morgan fingerprint density at radius 1 is 1.37 bits per heavy atom. The number of nitrogens with zero attached hydrogens (tertiary/aromatic N) is 2. The van der Waals surface area contributed by atoms with Crippen LogP contribution in [0.1, 0.15) is 61.5 Å². The number of amides is 1. The van der Waals surface area contributed by atoms with E-state index in [1.54, 1.807) is 18.5 Å². The van der Waals surface area contributed by atoms with Gasteiger partial charge in [0.25, 0.3) is 5.91 Å². The summed E-state index contributed by atoms with van der Waals surface area (Å²) in [5.74, 6) is 0.0821. The van der Waals surface area contributed by atoms with Crippen LogP contribution in [0.4, 0.5) is 0 Å². The monoisotopic (exact) mass is 410 g/mol. The Bertz CT molecular complexity index is 958. The first-order chi connectivity index (χ1) is 14.3. The molecular weight excluding hydrogens is 384 g/mol. The van der Waals surface area contributed by atoms with Gasteiger partial charge >= 0.3 is 0 Å². The van der Waals surface area contributed by atoms with Crippen molar-refractivity contribution >= 4 is 11.7 Å². The number of Topliss-reactive ketones (excluding diaryl/α,β-unsaturated/α-hetero) is 1. The Morgan fingerprint density at radius 2 is 2.20 bits per heavy atom. The van der Waals surface area contributed by atoms with Crippen molar-refractivity contribution in [3.8, 4) is 17.2 Å². The van der Waals surface area contributed by atoms with Crippen LogP contribution in [0.2, 0.25) is 0 Å². The number of phenolic OH excluding ortho intramolecular Hbond substituents is 1. The van der Waals surface area contributed by atoms with Crippen LogP contribution in [0.15, 0.2) is 36.7 Å². The highest BCUT2D eigenvalue weighted by Crippen LogP contribution is 2.41. The van der Waals surface area contributed by atoms with Gasteiger partial charge in [-0.2, -0.15) is 0 Å². The van der Waals surface area contributed by atoms with Gasteiger partial charge in [0, 0.05) is 31.1 Å². The normalized spacial score (nSPS) is 20.3. The van der Waals surface area contributed by atoms with Crippen LogP contribution in [0.3, 0.4) is 0 Å². The Kier molecular flexibility index (Phi) is 5.37. The number of likely N-dealkylation sites (tertiary alicyclic amines) is 1. The number of rotatable bonds is 4. The number of hydrogen-bond donors (Lipinski definition) is 1. The second-order valence-corrected chi connectivity index (χ2v) is 8.45. The zero-order valence-electron chi connectivity index (χ0n) is 17.3. The van der Waals surface area contributed by atoms with Gasteiger partial charge in [-0.25, -0.2) is 0 Å². The average molecular weight is 410 g/mol. The minimum Gasteiger partial charge on any atom is -0.507 e. The third-order valence-corrected chi connectivity index (χ3v) is 5.56. The van der Waals surface area contributed by atoms with Gasteiger partial charge in [-0.1, -0.05) is 6.07 Å². The molecule has 1 saturated heterocycles. The number of fused-ring (bicyclic) bond motifs is 1. The molecule has 4 rings (SSSR count). The van der Waals surface area contributed by atoms with E-state index in [2.05, 4.69) is 4.98 Å². The minimum atomic E-state index is -0.657. The third kappa shape index (κ3) is 4.10. The standard InChI is InChI=1S/C23H26N2O5/c1-23(2)12-19(27)22-18(26)10-16(11-20(22)30-23)29-14-21(28)25-9-4-3-7-17(25)15-6-5-8-24-13-15/h5-6,8,10-11,13,17,26H,3-4,7,9,12,14H2,1-2H3. The van der Waals surface area contributed by atoms with Crippen LogP contribution in [-0.2, 0) is 4.79 Å². The number of ketones is 1. The van der Waals surface area contributed by atoms with Gasteiger partial charge in [-0.05, 0) is 44.7 Å². The maximum atomic E-state index is 12.9. The number of hydrogen-bond acceptors (Lipinski definition) is 6. The van der Waals surface area contributed by atoms with Crippen molar-refractivity contribution in [3.05, 3.63) is 47.8 Å². The molecule has 0 radical (unpaired) electrons. The predicted molar refractivity (Wildman–Crippen MR) is 110 cm³/mol. The Labute approximate surface area is 175 Å². The number of piperidine rings is 1. The van der Waals surface area contributed by atoms with Crippen molar-refractivity contribution in [2.24, 2.45) is 0 Å². The summed E-state index contributed by atoms with van der Waals surface area (Å²) in [4.78, 5) is 31.3. The predicted octanol–water partition coefficient (Wildman–Crippen LogP) is 3.66. The van der Waals surface area contributed by atoms with E-state index in [0.29, 0.717) is 12.3 Å². The molecule has 1 fully saturated rings. The second kappa shape index (κ2) is 7.97. The Hall–Kier alpha value is -3.09. The molecule has 1 atom stereocenters. The van der Waals surface area contributed by atoms with Crippen LogP contribution < -0.4 is 9.47 Å². The maximum Gasteiger partial charge on any atom is 0.261 e. The van der Waals surface area contributed by atoms with E-state index < -0.39 is 5.60 Å². The lowest BCUT2D eigenvalue weighted by Gasteiger charge is -2.36. The quantitative estimate of drug-likeness (QED) is 0.827. The fraction of sp³-hybridized carbons (Fsp3) is 0.435. The Balaban J connectivity index is 1.48. The zero-order valence-corrected chi connectivity index (χ0v) is 17.3. The molecule has 7 nitrogen and oxygen atoms in total. The van der Waals surface area contributed by atoms with Crippen LogP contribution >= 0.6 is 0 Å². The van der Waals surface area contributed by atoms with E-state index in [1.807, 2.05) is 30.9 Å². The van der Waals surface area contributed by atoms with E-state index >= 15 is 0 Å². The lowest BCUT2D eigenvalue weighted by atomic mass is 9.92. The summed E-state index contributed by atoms with van der Waals surface area (Å²) in [6, 6.07) is 6.78. The molecule has 3 heterocycles. The highest BCUT2D eigenvalue weighted by molar-refractivity contribution is 6.03. The van der Waals surface area contributed by atoms with Gasteiger partial charge in [-0.3, -0.25) is 14.6 Å². The van der Waals surface area contributed by atoms with Gasteiger partial charge in [0.1, 0.15) is 28.4 Å². The Morgan fingerprint density at radius 3 is 2.97 bits per heavy atom. The summed E-state index contributed by atoms with van der Waals surface area (Å²) < 4.78 is 11.5. The summed E-state index contributed by atoms with van der Waals surface area (Å²) in [7, 11) is 0. The molecule has 1 unspecified atom stereocenters. The van der Waals surface area contributed by atoms with E-state index in [4.69, 9.17) is 9.47 Å². The fourth-order valence-electron chi connectivity index (χ4n) is 4.21. The zero-order chi connectivity index (χ0) is 21.3. The topological polar surface area (TPSA) is 89.0 Å². The SMILES string of the molecule is CC1(C)CC(=O)c2c(O)cc(OCC(=O)N3CCCCC3c3cccnc3)cc2O1. The lowest BCUT2D eigenvalue weighted by Crippen LogP contribution is -2.41. The first-order valence-corrected chi connectivity index (χ1v) is 10.3. The van der Waals surface area contributed by atoms with Gasteiger partial charge < -0.3 is 19.5 Å². The smallest absolute Gasteiger partial charge is 0.261 e. The van der Waals surface area contributed by atoms with Crippen molar-refractivity contribution in [1.29, 1.82) is 0 Å². The highest BCUT2D eigenvalue weighted by atomic mass is 16.5. The van der Waals surface area contributed by atoms with Crippen molar-refractivity contribution in [2.75, 3.05) is 13.2 Å². The van der Waals surface area contributed by atoms with E-state index in [1.165, 1.54) is 6.07 Å². The van der Waals surface area contributed by atoms with Crippen molar-refractivity contribution in [1.82, 2.24) is 9.88 Å². The van der Waals surface area contributed by atoms with Gasteiger partial charge in [-0.15, -0.1) is 0 Å². The molecule has 2 aliphatic rings. The van der Waals surface area contributed by atoms with Crippen molar-refractivity contribution < 1.29 is 24.2 Å². The van der Waals surface area contributed by atoms with Crippen LogP contribution in [0, 0.1) is 0 Å². The van der Waals surface area contributed by atoms with Gasteiger partial charge in [0.2, 0.25) is 0 Å². The largest absolute Gasteiger partial charge is 0.507 e. The molecule has 158 valence electrons. The van der Waals surface area contributed by atoms with Gasteiger partial charge in [0.15, 0.2) is 12.4 Å². The van der Waals surface area contributed by atoms with Crippen molar-refractivity contribution in [2.45, 2.75) is 51.2 Å². The molecule has 1 amide bonds. The number of benzene rings is 1. The number of pyridine rings is 1. The molecule has 1 aromatic heterocycles. The highest BCUT2D eigenvalue weighted by Gasteiger charge is 2.35. The van der Waals surface area contributed by atoms with Crippen LogP contribution in [0.25, 0.3) is 0 Å². The number of phenols is 1. The summed E-state index contributed by atoms with van der Waals surface area (Å²) in [6.45, 7) is 4.14. The minimum absolute atomic E-state index is 0.0118. The molecule has 7 heteroatoms. The molecule has 30 heavy (non-hydrogen) atoms. The summed E-state index contributed by atoms with van der Waals surface area (Å²) in [5, 5.41) is 10.3. The molecule has 2 aromatic rings. The van der Waals surface area contributed by atoms with E-state index in [0.717, 1.165) is 24.8 Å². The fourth-order valence-corrected chi connectivity index (χ4v) is 4.21. The van der Waals surface area contributed by atoms with Crippen LogP contribution in [-0.4, -0.2) is 45.4 Å². The molecular formula is C23H26N2O5. The molecule has 1 N–H and O–H groups in total. The molecule has 0 saturated carbocycles. The molecule has 0 aliphatic carbocycles. The summed E-state index contributed by atoms with van der Waals surface area (Å²) in [6.07, 6.45) is 6.61. The molecule has 0 bridgehead atoms. The molecule has 1 aromatic carbocycles. The second-order valence-electron chi connectivity index (χ2n) is 8.45. The van der Waals surface area contributed by atoms with Gasteiger partial charge in [0.05, 0.1) is 12.5 Å². The number of aromatic hydroxyl groups is 1. The molecule has 0 spiro atoms. The average Bonchev–Trinajstić information content (AvgIpc) is 2.71. The maximum absolute atomic E-state index is 12.9. The first kappa shape index (κ1) is 20.2. The van der Waals surface area contributed by atoms with Crippen LogP contribution in [0.5, 0.6) is 17.2 Å². The number of ether oxygens (including phenoxy) is 2. The molecule has 2 aliphatic heterocycles. The van der Waals surface area contributed by atoms with E-state index in [-0.39, 0.29) is 47.8 Å². The number of carbonyl (C=O) groups excluding carboxylic acids is 2. The summed E-state index contributed by atoms with van der Waals surface area (Å²) >= 11 is 0. The van der Waals surface area contributed by atoms with E-state index in [9.17, 15) is 14.7 Å². The first-order valence-electron chi connectivity index (χ1n) is 10.3. The third-order valence-electron chi connectivity index (χ3n) is 5.56. The number of aromatic nitrogens is 1. The van der Waals surface area contributed by atoms with Crippen molar-refractivity contribution in [3.63, 3.8) is 0 Å².